The van der Waals surface area contributed by atoms with Crippen molar-refractivity contribution in [3.05, 3.63) is 82.7 Å². The van der Waals surface area contributed by atoms with E-state index in [1.54, 1.807) is 18.2 Å². The summed E-state index contributed by atoms with van der Waals surface area (Å²) in [6.07, 6.45) is -9.45. The van der Waals surface area contributed by atoms with Crippen molar-refractivity contribution < 1.29 is 46.1 Å². The molecule has 0 unspecified atom stereocenters. The lowest BCUT2D eigenvalue weighted by Crippen LogP contribution is -2.25. The molecule has 1 amide bonds. The number of carboxylic acids is 1. The first kappa shape index (κ1) is 30.0. The Labute approximate surface area is 231 Å². The van der Waals surface area contributed by atoms with Gasteiger partial charge in [0.1, 0.15) is 5.69 Å². The van der Waals surface area contributed by atoms with Crippen LogP contribution in [-0.4, -0.2) is 45.9 Å². The fourth-order valence-electron chi connectivity index (χ4n) is 4.98. The first-order valence-electron chi connectivity index (χ1n) is 12.7. The highest BCUT2D eigenvalue weighted by molar-refractivity contribution is 6.06. The molecule has 4 rings (SSSR count). The number of aryl methyl sites for hydroxylation is 2. The van der Waals surface area contributed by atoms with Crippen molar-refractivity contribution in [3.63, 3.8) is 0 Å². The summed E-state index contributed by atoms with van der Waals surface area (Å²) >= 11 is 0. The minimum Gasteiger partial charge on any atom is -0.481 e. The van der Waals surface area contributed by atoms with Gasteiger partial charge in [0, 0.05) is 31.5 Å². The number of aromatic nitrogens is 1. The van der Waals surface area contributed by atoms with E-state index >= 15 is 0 Å². The smallest absolute Gasteiger partial charge is 0.432 e. The van der Waals surface area contributed by atoms with Crippen LogP contribution in [0.4, 0.5) is 37.7 Å². The number of anilines is 2. The van der Waals surface area contributed by atoms with Crippen LogP contribution in [-0.2, 0) is 36.5 Å². The standard InChI is InChI=1S/C28H27F6N3O4/c29-27(30,31)21-15-23(37-11-8-19(38)16-37)18(14-24(39)40)13-22(21)35-26(41)20-9-12-36(25(20)28(32,33)34)10-4-7-17-5-2-1-3-6-17/h1-3,5-6,9,12-13,15,19,38H,4,7-8,10-11,14,16H2,(H,35,41)(H,39,40)/t19-/m1/s1. The number of nitrogens with zero attached hydrogens (tertiary/aromatic N) is 2. The number of halogens is 6. The summed E-state index contributed by atoms with van der Waals surface area (Å²) in [6, 6.07) is 11.4. The number of nitrogens with one attached hydrogen (secondary N) is 1. The predicted molar refractivity (Wildman–Crippen MR) is 138 cm³/mol. The van der Waals surface area contributed by atoms with Crippen LogP contribution in [0.3, 0.4) is 0 Å². The van der Waals surface area contributed by atoms with E-state index in [1.807, 2.05) is 17.4 Å². The molecule has 1 fully saturated rings. The Morgan fingerprint density at radius 3 is 2.29 bits per heavy atom. The van der Waals surface area contributed by atoms with Gasteiger partial charge in [0.05, 0.1) is 29.3 Å². The summed E-state index contributed by atoms with van der Waals surface area (Å²) in [5.74, 6) is -2.79. The number of benzene rings is 2. The number of carbonyl (C=O) groups is 2. The molecule has 13 heteroatoms. The number of carboxylic acid groups (broad SMARTS) is 1. The Balaban J connectivity index is 1.66. The van der Waals surface area contributed by atoms with Gasteiger partial charge in [0.2, 0.25) is 0 Å². The lowest BCUT2D eigenvalue weighted by Gasteiger charge is -2.25. The summed E-state index contributed by atoms with van der Waals surface area (Å²) in [5.41, 5.74) is -3.66. The van der Waals surface area contributed by atoms with Gasteiger partial charge in [-0.15, -0.1) is 0 Å². The van der Waals surface area contributed by atoms with E-state index in [4.69, 9.17) is 0 Å². The highest BCUT2D eigenvalue weighted by Crippen LogP contribution is 2.41. The third kappa shape index (κ3) is 7.20. The van der Waals surface area contributed by atoms with Crippen LogP contribution >= 0.6 is 0 Å². The minimum absolute atomic E-state index is 0.0254. The molecule has 220 valence electrons. The third-order valence-corrected chi connectivity index (χ3v) is 6.80. The summed E-state index contributed by atoms with van der Waals surface area (Å²) in [6.45, 7) is 0.0514. The van der Waals surface area contributed by atoms with Gasteiger partial charge in [-0.1, -0.05) is 30.3 Å². The largest absolute Gasteiger partial charge is 0.481 e. The second-order valence-corrected chi connectivity index (χ2v) is 9.80. The topological polar surface area (TPSA) is 94.8 Å². The Hall–Kier alpha value is -4.00. The molecule has 1 aromatic heterocycles. The molecule has 0 saturated carbocycles. The van der Waals surface area contributed by atoms with Gasteiger partial charge in [0.15, 0.2) is 0 Å². The van der Waals surface area contributed by atoms with Crippen LogP contribution in [0.5, 0.6) is 0 Å². The van der Waals surface area contributed by atoms with Gasteiger partial charge < -0.3 is 25.0 Å². The zero-order chi connectivity index (χ0) is 29.9. The maximum atomic E-state index is 14.1. The molecule has 0 bridgehead atoms. The normalized spacial score (nSPS) is 15.8. The Morgan fingerprint density at radius 1 is 1.00 bits per heavy atom. The number of aliphatic hydroxyl groups excluding tert-OH is 1. The molecule has 1 atom stereocenters. The van der Waals surface area contributed by atoms with Crippen LogP contribution < -0.4 is 10.2 Å². The highest BCUT2D eigenvalue weighted by Gasteiger charge is 2.40. The average Bonchev–Trinajstić information content (AvgIpc) is 3.50. The molecule has 2 aromatic carbocycles. The van der Waals surface area contributed by atoms with Crippen LogP contribution in [0.2, 0.25) is 0 Å². The van der Waals surface area contributed by atoms with Crippen molar-refractivity contribution in [3.8, 4) is 0 Å². The molecule has 41 heavy (non-hydrogen) atoms. The van der Waals surface area contributed by atoms with Crippen LogP contribution in [0.15, 0.2) is 54.7 Å². The quantitative estimate of drug-likeness (QED) is 0.285. The fraction of sp³-hybridized carbons (Fsp3) is 0.357. The van der Waals surface area contributed by atoms with Crippen molar-refractivity contribution in [2.45, 2.75) is 50.7 Å². The monoisotopic (exact) mass is 583 g/mol. The van der Waals surface area contributed by atoms with Gasteiger partial charge in [-0.05, 0) is 48.6 Å². The summed E-state index contributed by atoms with van der Waals surface area (Å²) in [4.78, 5) is 25.9. The predicted octanol–water partition coefficient (Wildman–Crippen LogP) is 5.61. The molecular weight excluding hydrogens is 556 g/mol. The minimum atomic E-state index is -5.03. The molecule has 1 saturated heterocycles. The maximum Gasteiger partial charge on any atom is 0.432 e. The zero-order valence-electron chi connectivity index (χ0n) is 21.6. The molecule has 7 nitrogen and oxygen atoms in total. The van der Waals surface area contributed by atoms with Crippen molar-refractivity contribution in [1.29, 1.82) is 0 Å². The number of rotatable bonds is 9. The lowest BCUT2D eigenvalue weighted by atomic mass is 10.0. The molecule has 3 aromatic rings. The third-order valence-electron chi connectivity index (χ3n) is 6.80. The summed E-state index contributed by atoms with van der Waals surface area (Å²) in [7, 11) is 0. The number of β-amino-alcohol motifs (C(OH)–C–C–N with tert-alkyl or cyclic N) is 1. The van der Waals surface area contributed by atoms with Crippen molar-refractivity contribution in [2.24, 2.45) is 0 Å². The lowest BCUT2D eigenvalue weighted by molar-refractivity contribution is -0.144. The molecule has 1 aliphatic rings. The first-order valence-corrected chi connectivity index (χ1v) is 12.7. The fourth-order valence-corrected chi connectivity index (χ4v) is 4.98. The SMILES string of the molecule is O=C(O)Cc1cc(NC(=O)c2ccn(CCCc3ccccc3)c2C(F)(F)F)c(C(F)(F)F)cc1N1CC[C@@H](O)C1. The molecule has 2 heterocycles. The Bertz CT molecular complexity index is 1400. The maximum absolute atomic E-state index is 14.1. The molecular formula is C28H27F6N3O4. The number of amides is 1. The number of aliphatic carboxylic acids is 1. The first-order chi connectivity index (χ1) is 19.2. The molecule has 0 aliphatic carbocycles. The zero-order valence-corrected chi connectivity index (χ0v) is 21.6. The second kappa shape index (κ2) is 11.9. The van der Waals surface area contributed by atoms with Crippen molar-refractivity contribution in [2.75, 3.05) is 23.3 Å². The van der Waals surface area contributed by atoms with Gasteiger partial charge >= 0.3 is 18.3 Å². The molecule has 0 spiro atoms. The number of carbonyl (C=O) groups excluding carboxylic acids is 1. The van der Waals surface area contributed by atoms with Gasteiger partial charge in [-0.2, -0.15) is 26.3 Å². The van der Waals surface area contributed by atoms with Gasteiger partial charge in [0.25, 0.3) is 5.91 Å². The summed E-state index contributed by atoms with van der Waals surface area (Å²) < 4.78 is 85.2. The van der Waals surface area contributed by atoms with E-state index in [0.717, 1.165) is 28.5 Å². The van der Waals surface area contributed by atoms with E-state index in [0.29, 0.717) is 18.9 Å². The number of alkyl halides is 6. The number of hydrogen-bond donors (Lipinski definition) is 3. The Kier molecular flexibility index (Phi) is 8.66. The van der Waals surface area contributed by atoms with Crippen LogP contribution in [0, 0.1) is 0 Å². The van der Waals surface area contributed by atoms with E-state index in [1.165, 1.54) is 4.90 Å². The number of aliphatic hydroxyl groups is 1. The van der Waals surface area contributed by atoms with Crippen molar-refractivity contribution >= 4 is 23.3 Å². The Morgan fingerprint density at radius 2 is 1.71 bits per heavy atom. The second-order valence-electron chi connectivity index (χ2n) is 9.80. The van der Waals surface area contributed by atoms with Crippen LogP contribution in [0.25, 0.3) is 0 Å². The van der Waals surface area contributed by atoms with E-state index in [9.17, 15) is 46.1 Å². The highest BCUT2D eigenvalue weighted by atomic mass is 19.4. The molecule has 1 aliphatic heterocycles. The molecule has 3 N–H and O–H groups in total. The van der Waals surface area contributed by atoms with E-state index in [-0.39, 0.29) is 37.3 Å². The van der Waals surface area contributed by atoms with Gasteiger partial charge in [-0.25, -0.2) is 0 Å². The van der Waals surface area contributed by atoms with E-state index in [2.05, 4.69) is 0 Å². The average molecular weight is 584 g/mol. The molecule has 0 radical (unpaired) electrons. The number of hydrogen-bond acceptors (Lipinski definition) is 4. The van der Waals surface area contributed by atoms with E-state index < -0.39 is 59.3 Å². The van der Waals surface area contributed by atoms with Gasteiger partial charge in [-0.3, -0.25) is 9.59 Å². The summed E-state index contributed by atoms with van der Waals surface area (Å²) in [5, 5.41) is 21.1. The van der Waals surface area contributed by atoms with Crippen LogP contribution in [0.1, 0.15) is 45.6 Å². The van der Waals surface area contributed by atoms with Crippen molar-refractivity contribution in [1.82, 2.24) is 4.57 Å².